The van der Waals surface area contributed by atoms with E-state index in [1.165, 1.54) is 12.2 Å². The van der Waals surface area contributed by atoms with Crippen LogP contribution in [-0.4, -0.2) is 13.2 Å². The van der Waals surface area contributed by atoms with Crippen LogP contribution in [0.5, 0.6) is 0 Å². The van der Waals surface area contributed by atoms with Gasteiger partial charge in [-0.25, -0.2) is 0 Å². The van der Waals surface area contributed by atoms with Crippen molar-refractivity contribution in [2.75, 3.05) is 13.2 Å². The molecule has 7 heavy (non-hydrogen) atoms. The van der Waals surface area contributed by atoms with Gasteiger partial charge >= 0.3 is 0 Å². The van der Waals surface area contributed by atoms with E-state index in [9.17, 15) is 0 Å². The maximum absolute atomic E-state index is 4.96. The van der Waals surface area contributed by atoms with E-state index in [4.69, 9.17) is 17.9 Å². The van der Waals surface area contributed by atoms with Gasteiger partial charge in [-0.1, -0.05) is 25.3 Å². The van der Waals surface area contributed by atoms with Gasteiger partial charge in [0, 0.05) is 0 Å². The molecule has 0 aliphatic carbocycles. The third-order valence-electron chi connectivity index (χ3n) is 0.428. The third-order valence-corrected chi connectivity index (χ3v) is 0.428. The highest BCUT2D eigenvalue weighted by Gasteiger charge is 1.71. The van der Waals surface area contributed by atoms with Crippen LogP contribution in [0.1, 0.15) is 0 Å². The Morgan fingerprint density at radius 1 is 1.14 bits per heavy atom. The minimum absolute atomic E-state index is 0.466. The summed E-state index contributed by atoms with van der Waals surface area (Å²) in [5.74, 6) is 0. The maximum Gasteiger partial charge on any atom is 0.0654 e. The zero-order valence-corrected chi connectivity index (χ0v) is 4.13. The van der Waals surface area contributed by atoms with Crippen LogP contribution < -0.4 is 0 Å². The number of hydrogen-bond acceptors (Lipinski definition) is 1. The molecule has 0 spiro atoms. The predicted molar refractivity (Wildman–Crippen MR) is 28.6 cm³/mol. The first-order valence-corrected chi connectivity index (χ1v) is 2.06. The van der Waals surface area contributed by atoms with E-state index in [-0.39, 0.29) is 0 Å². The summed E-state index contributed by atoms with van der Waals surface area (Å²) >= 11 is 0. The van der Waals surface area contributed by atoms with Crippen LogP contribution in [0.2, 0.25) is 0 Å². The fourth-order valence-electron chi connectivity index (χ4n) is 0.204. The SMILES string of the molecule is [CH]=CCOCC=[CH]. The topological polar surface area (TPSA) is 9.23 Å². The summed E-state index contributed by atoms with van der Waals surface area (Å²) in [6.07, 6.45) is 2.87. The van der Waals surface area contributed by atoms with Crippen LogP contribution in [0.15, 0.2) is 12.2 Å². The van der Waals surface area contributed by atoms with E-state index in [0.717, 1.165) is 0 Å². The molecule has 0 saturated heterocycles. The molecule has 1 nitrogen and oxygen atoms in total. The fraction of sp³-hybridized carbons (Fsp3) is 0.333. The Labute approximate surface area is 44.3 Å². The van der Waals surface area contributed by atoms with E-state index >= 15 is 0 Å². The lowest BCUT2D eigenvalue weighted by Crippen LogP contribution is -1.87. The molecule has 0 unspecified atom stereocenters. The van der Waals surface area contributed by atoms with Crippen LogP contribution in [0.3, 0.4) is 0 Å². The minimum Gasteiger partial charge on any atom is -0.373 e. The van der Waals surface area contributed by atoms with Crippen LogP contribution in [0.25, 0.3) is 0 Å². The smallest absolute Gasteiger partial charge is 0.0654 e. The highest BCUT2D eigenvalue weighted by Crippen LogP contribution is 1.72. The fourth-order valence-corrected chi connectivity index (χ4v) is 0.204. The number of ether oxygens (including phenoxy) is 1. The monoisotopic (exact) mass is 96.1 g/mol. The molecule has 0 aliphatic heterocycles. The predicted octanol–water partition coefficient (Wildman–Crippen LogP) is 0.981. The van der Waals surface area contributed by atoms with Crippen molar-refractivity contribution in [2.24, 2.45) is 0 Å². The Bertz CT molecular complexity index is 49.2. The summed E-state index contributed by atoms with van der Waals surface area (Å²) in [6.45, 7) is 10.9. The molecule has 0 atom stereocenters. The van der Waals surface area contributed by atoms with Crippen molar-refractivity contribution in [3.8, 4) is 0 Å². The van der Waals surface area contributed by atoms with Crippen molar-refractivity contribution in [2.45, 2.75) is 0 Å². The molecular weight excluding hydrogens is 88.1 g/mol. The zero-order valence-electron chi connectivity index (χ0n) is 4.13. The standard InChI is InChI=1S/C6H8O/c1-3-5-7-6-4-2/h1-4H,5-6H2. The lowest BCUT2D eigenvalue weighted by molar-refractivity contribution is 0.194. The van der Waals surface area contributed by atoms with Gasteiger partial charge in [-0.2, -0.15) is 0 Å². The summed E-state index contributed by atoms with van der Waals surface area (Å²) < 4.78 is 4.77. The van der Waals surface area contributed by atoms with Crippen LogP contribution in [-0.2, 0) is 4.74 Å². The quantitative estimate of drug-likeness (QED) is 0.474. The van der Waals surface area contributed by atoms with E-state index in [2.05, 4.69) is 0 Å². The number of rotatable bonds is 4. The van der Waals surface area contributed by atoms with Gasteiger partial charge in [-0.15, -0.1) is 0 Å². The van der Waals surface area contributed by atoms with Crippen molar-refractivity contribution in [1.29, 1.82) is 0 Å². The van der Waals surface area contributed by atoms with Gasteiger partial charge in [0.15, 0.2) is 0 Å². The van der Waals surface area contributed by atoms with E-state index in [1.54, 1.807) is 0 Å². The first-order valence-electron chi connectivity index (χ1n) is 2.06. The van der Waals surface area contributed by atoms with E-state index in [0.29, 0.717) is 13.2 Å². The molecule has 0 bridgehead atoms. The van der Waals surface area contributed by atoms with E-state index < -0.39 is 0 Å². The van der Waals surface area contributed by atoms with Gasteiger partial charge in [0.1, 0.15) is 0 Å². The Morgan fingerprint density at radius 3 is 1.86 bits per heavy atom. The minimum atomic E-state index is 0.466. The average molecular weight is 96.1 g/mol. The van der Waals surface area contributed by atoms with Crippen LogP contribution >= 0.6 is 0 Å². The summed E-state index contributed by atoms with van der Waals surface area (Å²) in [4.78, 5) is 0. The highest BCUT2D eigenvalue weighted by atomic mass is 16.5. The van der Waals surface area contributed by atoms with Gasteiger partial charge in [0.2, 0.25) is 0 Å². The van der Waals surface area contributed by atoms with Gasteiger partial charge < -0.3 is 4.74 Å². The van der Waals surface area contributed by atoms with Crippen molar-refractivity contribution in [1.82, 2.24) is 0 Å². The van der Waals surface area contributed by atoms with Crippen LogP contribution in [0.4, 0.5) is 0 Å². The lowest BCUT2D eigenvalue weighted by Gasteiger charge is -1.89. The molecular formula is C6H8O. The van der Waals surface area contributed by atoms with Crippen LogP contribution in [0, 0.1) is 13.2 Å². The molecule has 38 valence electrons. The van der Waals surface area contributed by atoms with Crippen molar-refractivity contribution in [3.05, 3.63) is 25.3 Å². The molecule has 0 aromatic heterocycles. The lowest BCUT2D eigenvalue weighted by atomic mass is 10.6. The first-order chi connectivity index (χ1) is 3.41. The van der Waals surface area contributed by atoms with Gasteiger partial charge in [0.25, 0.3) is 0 Å². The molecule has 0 heterocycles. The van der Waals surface area contributed by atoms with Crippen molar-refractivity contribution in [3.63, 3.8) is 0 Å². The molecule has 0 amide bonds. The summed E-state index contributed by atoms with van der Waals surface area (Å²) in [7, 11) is 0. The summed E-state index contributed by atoms with van der Waals surface area (Å²) in [6, 6.07) is 0. The molecule has 0 saturated carbocycles. The molecule has 0 aromatic rings. The second kappa shape index (κ2) is 5.44. The molecule has 0 aromatic carbocycles. The van der Waals surface area contributed by atoms with Crippen molar-refractivity contribution >= 4 is 0 Å². The molecule has 0 rings (SSSR count). The Hall–Kier alpha value is -0.560. The maximum atomic E-state index is 4.96. The van der Waals surface area contributed by atoms with Gasteiger partial charge in [-0.05, 0) is 0 Å². The summed E-state index contributed by atoms with van der Waals surface area (Å²) in [5.41, 5.74) is 0. The second-order valence-electron chi connectivity index (χ2n) is 1.01. The first kappa shape index (κ1) is 6.44. The van der Waals surface area contributed by atoms with E-state index in [1.807, 2.05) is 0 Å². The Morgan fingerprint density at radius 2 is 1.57 bits per heavy atom. The molecule has 0 fully saturated rings. The summed E-state index contributed by atoms with van der Waals surface area (Å²) in [5, 5.41) is 0. The van der Waals surface area contributed by atoms with Gasteiger partial charge in [0.05, 0.1) is 13.2 Å². The number of hydrogen-bond donors (Lipinski definition) is 0. The second-order valence-corrected chi connectivity index (χ2v) is 1.01. The van der Waals surface area contributed by atoms with Gasteiger partial charge in [-0.3, -0.25) is 0 Å². The molecule has 2 radical (unpaired) electrons. The molecule has 0 aliphatic rings. The molecule has 1 heteroatoms. The zero-order chi connectivity index (χ0) is 5.54. The average Bonchev–Trinajstić information content (AvgIpc) is 1.69. The Balaban J connectivity index is 2.68. The molecule has 0 N–H and O–H groups in total. The third kappa shape index (κ3) is 5.44. The van der Waals surface area contributed by atoms with Crippen molar-refractivity contribution < 1.29 is 4.74 Å². The normalized spacial score (nSPS) is 8.00. The Kier molecular flexibility index (Phi) is 5.00. The largest absolute Gasteiger partial charge is 0.373 e. The highest BCUT2D eigenvalue weighted by molar-refractivity contribution is 4.64.